The van der Waals surface area contributed by atoms with E-state index in [4.69, 9.17) is 0 Å². The van der Waals surface area contributed by atoms with Crippen molar-refractivity contribution in [2.75, 3.05) is 0 Å². The molecule has 1 heterocycles. The monoisotopic (exact) mass is 286 g/mol. The summed E-state index contributed by atoms with van der Waals surface area (Å²) in [5, 5.41) is 2.97. The van der Waals surface area contributed by atoms with Crippen molar-refractivity contribution in [1.82, 2.24) is 10.3 Å². The largest absolute Gasteiger partial charge is 0.356 e. The van der Waals surface area contributed by atoms with Crippen LogP contribution in [0.4, 0.5) is 0 Å². The molecule has 0 radical (unpaired) electrons. The fourth-order valence-corrected chi connectivity index (χ4v) is 1.80. The Bertz CT molecular complexity index is 347. The Morgan fingerprint density at radius 2 is 2.12 bits per heavy atom. The number of amides is 1. The van der Waals surface area contributed by atoms with Crippen LogP contribution in [0.5, 0.6) is 0 Å². The molecule has 0 fully saturated rings. The second-order valence-corrected chi connectivity index (χ2v) is 5.49. The fourth-order valence-electron chi connectivity index (χ4n) is 1.46. The average Bonchev–Trinajstić information content (AvgIpc) is 2.62. The van der Waals surface area contributed by atoms with Crippen molar-refractivity contribution in [3.63, 3.8) is 0 Å². The molecule has 0 aromatic carbocycles. The summed E-state index contributed by atoms with van der Waals surface area (Å²) < 4.78 is 0.896. The number of halogens is 1. The first-order valence-corrected chi connectivity index (χ1v) is 6.43. The van der Waals surface area contributed by atoms with Crippen LogP contribution in [0.15, 0.2) is 16.7 Å². The van der Waals surface area contributed by atoms with Crippen LogP contribution < -0.4 is 5.32 Å². The van der Waals surface area contributed by atoms with Gasteiger partial charge in [0.15, 0.2) is 0 Å². The highest BCUT2D eigenvalue weighted by Crippen LogP contribution is 2.11. The molecule has 1 rings (SSSR count). The van der Waals surface area contributed by atoms with Gasteiger partial charge in [-0.1, -0.05) is 13.8 Å². The van der Waals surface area contributed by atoms with Gasteiger partial charge in [0.25, 0.3) is 5.91 Å². The maximum absolute atomic E-state index is 11.7. The van der Waals surface area contributed by atoms with E-state index >= 15 is 0 Å². The third-order valence-electron chi connectivity index (χ3n) is 2.45. The lowest BCUT2D eigenvalue weighted by Gasteiger charge is -2.14. The van der Waals surface area contributed by atoms with Gasteiger partial charge >= 0.3 is 0 Å². The first-order chi connectivity index (χ1) is 7.49. The number of aromatic amines is 1. The minimum absolute atomic E-state index is 0.0399. The van der Waals surface area contributed by atoms with E-state index in [2.05, 4.69) is 40.1 Å². The van der Waals surface area contributed by atoms with Gasteiger partial charge in [-0.15, -0.1) is 0 Å². The number of hydrogen-bond donors (Lipinski definition) is 2. The van der Waals surface area contributed by atoms with E-state index in [1.54, 1.807) is 12.3 Å². The van der Waals surface area contributed by atoms with Crippen LogP contribution in [0.2, 0.25) is 0 Å². The Kier molecular flexibility index (Phi) is 5.06. The summed E-state index contributed by atoms with van der Waals surface area (Å²) in [4.78, 5) is 14.7. The highest BCUT2D eigenvalue weighted by Gasteiger charge is 2.11. The van der Waals surface area contributed by atoms with E-state index in [9.17, 15) is 4.79 Å². The summed E-state index contributed by atoms with van der Waals surface area (Å²) in [6, 6.07) is 2.00. The zero-order valence-corrected chi connectivity index (χ0v) is 11.6. The molecule has 0 bridgehead atoms. The number of rotatable bonds is 5. The second-order valence-electron chi connectivity index (χ2n) is 4.58. The van der Waals surface area contributed by atoms with Crippen molar-refractivity contribution in [1.29, 1.82) is 0 Å². The first-order valence-electron chi connectivity index (χ1n) is 5.64. The molecule has 0 spiro atoms. The van der Waals surface area contributed by atoms with Gasteiger partial charge in [-0.25, -0.2) is 0 Å². The maximum Gasteiger partial charge on any atom is 0.267 e. The van der Waals surface area contributed by atoms with Gasteiger partial charge in [-0.3, -0.25) is 4.79 Å². The van der Waals surface area contributed by atoms with E-state index < -0.39 is 0 Å². The number of nitrogens with one attached hydrogen (secondary N) is 2. The zero-order chi connectivity index (χ0) is 12.1. The van der Waals surface area contributed by atoms with Crippen molar-refractivity contribution in [2.24, 2.45) is 5.92 Å². The van der Waals surface area contributed by atoms with Crippen molar-refractivity contribution >= 4 is 21.8 Å². The van der Waals surface area contributed by atoms with Crippen LogP contribution in [0.25, 0.3) is 0 Å². The molecule has 3 nitrogen and oxygen atoms in total. The molecule has 2 N–H and O–H groups in total. The standard InChI is InChI=1S/C12H19BrN2O/c1-8(2)4-5-9(3)15-12(16)11-6-10(13)7-14-11/h6-9,14H,4-5H2,1-3H3,(H,15,16). The molecule has 1 amide bonds. The minimum atomic E-state index is -0.0399. The van der Waals surface area contributed by atoms with Crippen molar-refractivity contribution < 1.29 is 4.79 Å². The van der Waals surface area contributed by atoms with E-state index in [1.165, 1.54) is 0 Å². The molecule has 0 aliphatic rings. The molecule has 16 heavy (non-hydrogen) atoms. The van der Waals surface area contributed by atoms with Gasteiger partial charge in [-0.2, -0.15) is 0 Å². The molecule has 1 atom stereocenters. The Labute approximate surface area is 105 Å². The van der Waals surface area contributed by atoms with E-state index in [0.29, 0.717) is 11.6 Å². The van der Waals surface area contributed by atoms with Crippen molar-refractivity contribution in [2.45, 2.75) is 39.7 Å². The highest BCUT2D eigenvalue weighted by atomic mass is 79.9. The molecular weight excluding hydrogens is 268 g/mol. The lowest BCUT2D eigenvalue weighted by atomic mass is 10.0. The lowest BCUT2D eigenvalue weighted by Crippen LogP contribution is -2.32. The number of carbonyl (C=O) groups excluding carboxylic acids is 1. The maximum atomic E-state index is 11.7. The third-order valence-corrected chi connectivity index (χ3v) is 2.90. The number of aromatic nitrogens is 1. The molecule has 0 saturated heterocycles. The van der Waals surface area contributed by atoms with E-state index in [1.807, 2.05) is 6.92 Å². The van der Waals surface area contributed by atoms with Gasteiger partial charge in [-0.05, 0) is 47.7 Å². The van der Waals surface area contributed by atoms with Crippen LogP contribution in [0, 0.1) is 5.92 Å². The Morgan fingerprint density at radius 1 is 1.44 bits per heavy atom. The Morgan fingerprint density at radius 3 is 2.62 bits per heavy atom. The van der Waals surface area contributed by atoms with E-state index in [-0.39, 0.29) is 11.9 Å². The zero-order valence-electron chi connectivity index (χ0n) is 10.0. The van der Waals surface area contributed by atoms with Gasteiger partial charge in [0.05, 0.1) is 0 Å². The molecular formula is C12H19BrN2O. The summed E-state index contributed by atoms with van der Waals surface area (Å²) in [7, 11) is 0. The summed E-state index contributed by atoms with van der Waals surface area (Å²) in [5.41, 5.74) is 0.600. The molecule has 90 valence electrons. The summed E-state index contributed by atoms with van der Waals surface area (Å²) >= 11 is 3.31. The van der Waals surface area contributed by atoms with Gasteiger partial charge < -0.3 is 10.3 Å². The molecule has 1 unspecified atom stereocenters. The molecule has 1 aromatic heterocycles. The van der Waals surface area contributed by atoms with Crippen LogP contribution >= 0.6 is 15.9 Å². The first kappa shape index (κ1) is 13.3. The quantitative estimate of drug-likeness (QED) is 0.857. The van der Waals surface area contributed by atoms with Gasteiger partial charge in [0, 0.05) is 16.7 Å². The third kappa shape index (κ3) is 4.39. The van der Waals surface area contributed by atoms with Crippen LogP contribution in [-0.4, -0.2) is 16.9 Å². The molecule has 0 saturated carbocycles. The van der Waals surface area contributed by atoms with Crippen molar-refractivity contribution in [3.05, 3.63) is 22.4 Å². The second kappa shape index (κ2) is 6.09. The highest BCUT2D eigenvalue weighted by molar-refractivity contribution is 9.10. The SMILES string of the molecule is CC(C)CCC(C)NC(=O)c1cc(Br)c[nH]1. The Balaban J connectivity index is 2.39. The van der Waals surface area contributed by atoms with E-state index in [0.717, 1.165) is 17.3 Å². The van der Waals surface area contributed by atoms with Crippen molar-refractivity contribution in [3.8, 4) is 0 Å². The van der Waals surface area contributed by atoms with Gasteiger partial charge in [0.1, 0.15) is 5.69 Å². The number of H-pyrrole nitrogens is 1. The summed E-state index contributed by atoms with van der Waals surface area (Å²) in [6.45, 7) is 6.42. The predicted octanol–water partition coefficient (Wildman–Crippen LogP) is 3.33. The van der Waals surface area contributed by atoms with Crippen LogP contribution in [0.3, 0.4) is 0 Å². The fraction of sp³-hybridized carbons (Fsp3) is 0.583. The smallest absolute Gasteiger partial charge is 0.267 e. The number of carbonyl (C=O) groups is 1. The molecule has 0 aliphatic carbocycles. The molecule has 1 aromatic rings. The molecule has 0 aliphatic heterocycles. The number of hydrogen-bond acceptors (Lipinski definition) is 1. The van der Waals surface area contributed by atoms with Gasteiger partial charge in [0.2, 0.25) is 0 Å². The normalized spacial score (nSPS) is 12.8. The predicted molar refractivity (Wildman–Crippen MR) is 69.5 cm³/mol. The lowest BCUT2D eigenvalue weighted by molar-refractivity contribution is 0.0933. The Hall–Kier alpha value is -0.770. The van der Waals surface area contributed by atoms with Crippen LogP contribution in [-0.2, 0) is 0 Å². The topological polar surface area (TPSA) is 44.9 Å². The average molecular weight is 287 g/mol. The minimum Gasteiger partial charge on any atom is -0.356 e. The summed E-state index contributed by atoms with van der Waals surface area (Å²) in [5.74, 6) is 0.640. The van der Waals surface area contributed by atoms with Crippen LogP contribution in [0.1, 0.15) is 44.1 Å². The molecule has 4 heteroatoms. The summed E-state index contributed by atoms with van der Waals surface area (Å²) in [6.07, 6.45) is 3.91.